The maximum atomic E-state index is 12.3. The summed E-state index contributed by atoms with van der Waals surface area (Å²) in [7, 11) is 0. The number of anilines is 1. The van der Waals surface area contributed by atoms with Gasteiger partial charge in [0.05, 0.1) is 5.69 Å². The smallest absolute Gasteiger partial charge is 0.404 e. The molecule has 0 saturated carbocycles. The van der Waals surface area contributed by atoms with Crippen molar-refractivity contribution in [3.05, 3.63) is 22.7 Å². The van der Waals surface area contributed by atoms with Gasteiger partial charge in [-0.3, -0.25) is 4.79 Å². The van der Waals surface area contributed by atoms with E-state index in [0.717, 1.165) is 6.07 Å². The molecule has 8 heteroatoms. The van der Waals surface area contributed by atoms with E-state index >= 15 is 0 Å². The summed E-state index contributed by atoms with van der Waals surface area (Å²) in [4.78, 5) is 11.6. The molecule has 0 bridgehead atoms. The van der Waals surface area contributed by atoms with E-state index in [1.54, 1.807) is 0 Å². The number of carbonyl (C=O) groups excluding carboxylic acids is 1. The fraction of sp³-hybridized carbons (Fsp3) is 0.417. The van der Waals surface area contributed by atoms with Gasteiger partial charge in [0, 0.05) is 16.9 Å². The number of hydrogen-bond donors (Lipinski definition) is 2. The van der Waals surface area contributed by atoms with Crippen molar-refractivity contribution in [2.75, 3.05) is 5.32 Å². The number of halogens is 4. The van der Waals surface area contributed by atoms with Crippen LogP contribution in [0.5, 0.6) is 5.75 Å². The van der Waals surface area contributed by atoms with Gasteiger partial charge in [-0.2, -0.15) is 0 Å². The van der Waals surface area contributed by atoms with Gasteiger partial charge < -0.3 is 15.8 Å². The van der Waals surface area contributed by atoms with Gasteiger partial charge in [-0.15, -0.1) is 13.2 Å². The first-order valence-corrected chi connectivity index (χ1v) is 6.61. The molecule has 1 rings (SSSR count). The molecule has 1 unspecified atom stereocenters. The van der Waals surface area contributed by atoms with Crippen LogP contribution >= 0.6 is 15.9 Å². The van der Waals surface area contributed by atoms with E-state index in [0.29, 0.717) is 10.9 Å². The van der Waals surface area contributed by atoms with Gasteiger partial charge in [0.2, 0.25) is 5.91 Å². The fourth-order valence-electron chi connectivity index (χ4n) is 1.39. The third-order valence-electron chi connectivity index (χ3n) is 2.42. The third-order valence-corrected chi connectivity index (χ3v) is 2.91. The molecule has 112 valence electrons. The highest BCUT2D eigenvalue weighted by Gasteiger charge is 2.32. The second-order valence-corrected chi connectivity index (χ2v) is 5.02. The molecule has 0 saturated heterocycles. The first-order valence-electron chi connectivity index (χ1n) is 5.82. The Labute approximate surface area is 122 Å². The molecule has 20 heavy (non-hydrogen) atoms. The molecule has 0 heterocycles. The van der Waals surface area contributed by atoms with Crippen LogP contribution < -0.4 is 15.8 Å². The highest BCUT2D eigenvalue weighted by Crippen LogP contribution is 2.33. The zero-order chi connectivity index (χ0) is 15.3. The van der Waals surface area contributed by atoms with Crippen LogP contribution in [0.15, 0.2) is 22.7 Å². The predicted molar refractivity (Wildman–Crippen MR) is 72.3 cm³/mol. The minimum absolute atomic E-state index is 0.0258. The van der Waals surface area contributed by atoms with Gasteiger partial charge in [-0.05, 0) is 24.6 Å². The Balaban J connectivity index is 2.86. The van der Waals surface area contributed by atoms with Crippen molar-refractivity contribution < 1.29 is 22.7 Å². The molecule has 0 aliphatic heterocycles. The molecule has 1 aromatic rings. The molecule has 0 aliphatic carbocycles. The minimum Gasteiger partial charge on any atom is -0.404 e. The van der Waals surface area contributed by atoms with Crippen LogP contribution in [0.25, 0.3) is 0 Å². The topological polar surface area (TPSA) is 64.4 Å². The standard InChI is InChI=1S/C12H14BrF3N2O2/c1-2-8(17)6-11(19)18-9-4-3-7(13)5-10(9)20-12(14,15)16/h3-5,8H,2,6,17H2,1H3,(H,18,19). The zero-order valence-corrected chi connectivity index (χ0v) is 12.2. The van der Waals surface area contributed by atoms with E-state index in [-0.39, 0.29) is 18.2 Å². The van der Waals surface area contributed by atoms with Crippen molar-refractivity contribution in [1.82, 2.24) is 0 Å². The Hall–Kier alpha value is -1.28. The molecule has 1 atom stereocenters. The van der Waals surface area contributed by atoms with Gasteiger partial charge in [0.1, 0.15) is 0 Å². The van der Waals surface area contributed by atoms with E-state index in [1.165, 1.54) is 12.1 Å². The number of nitrogens with two attached hydrogens (primary N) is 1. The number of rotatable bonds is 5. The number of nitrogens with one attached hydrogen (secondary N) is 1. The van der Waals surface area contributed by atoms with Crippen LogP contribution in [0.2, 0.25) is 0 Å². The van der Waals surface area contributed by atoms with E-state index in [9.17, 15) is 18.0 Å². The highest BCUT2D eigenvalue weighted by molar-refractivity contribution is 9.10. The highest BCUT2D eigenvalue weighted by atomic mass is 79.9. The Bertz CT molecular complexity index is 480. The van der Waals surface area contributed by atoms with Crippen LogP contribution in [-0.2, 0) is 4.79 Å². The molecule has 0 radical (unpaired) electrons. The fourth-order valence-corrected chi connectivity index (χ4v) is 1.73. The molecular weight excluding hydrogens is 341 g/mol. The van der Waals surface area contributed by atoms with E-state index in [2.05, 4.69) is 26.0 Å². The summed E-state index contributed by atoms with van der Waals surface area (Å²) in [5, 5.41) is 2.36. The number of carbonyl (C=O) groups is 1. The summed E-state index contributed by atoms with van der Waals surface area (Å²) >= 11 is 3.04. The van der Waals surface area contributed by atoms with Crippen molar-refractivity contribution in [1.29, 1.82) is 0 Å². The Morgan fingerprint density at radius 2 is 2.15 bits per heavy atom. The van der Waals surface area contributed by atoms with Gasteiger partial charge in [-0.1, -0.05) is 22.9 Å². The quantitative estimate of drug-likeness (QED) is 0.851. The lowest BCUT2D eigenvalue weighted by Gasteiger charge is -2.15. The SMILES string of the molecule is CCC(N)CC(=O)Nc1ccc(Br)cc1OC(F)(F)F. The largest absolute Gasteiger partial charge is 0.573 e. The van der Waals surface area contributed by atoms with E-state index < -0.39 is 18.0 Å². The second-order valence-electron chi connectivity index (χ2n) is 4.11. The summed E-state index contributed by atoms with van der Waals surface area (Å²) in [5.41, 5.74) is 5.56. The molecule has 3 N–H and O–H groups in total. The van der Waals surface area contributed by atoms with Gasteiger partial charge in [0.15, 0.2) is 5.75 Å². The minimum atomic E-state index is -4.83. The Morgan fingerprint density at radius 1 is 1.50 bits per heavy atom. The Kier molecular flexibility index (Phi) is 5.82. The second kappa shape index (κ2) is 6.94. The zero-order valence-electron chi connectivity index (χ0n) is 10.6. The van der Waals surface area contributed by atoms with Crippen molar-refractivity contribution in [3.63, 3.8) is 0 Å². The predicted octanol–water partition coefficient (Wildman–Crippen LogP) is 3.41. The Morgan fingerprint density at radius 3 is 2.70 bits per heavy atom. The summed E-state index contributed by atoms with van der Waals surface area (Å²) in [5.74, 6) is -0.945. The van der Waals surface area contributed by atoms with Gasteiger partial charge in [-0.25, -0.2) is 0 Å². The van der Waals surface area contributed by atoms with Crippen LogP contribution in [0.4, 0.5) is 18.9 Å². The van der Waals surface area contributed by atoms with Crippen molar-refractivity contribution >= 4 is 27.5 Å². The molecule has 1 amide bonds. The maximum Gasteiger partial charge on any atom is 0.573 e. The first-order chi connectivity index (χ1) is 9.21. The summed E-state index contributed by atoms with van der Waals surface area (Å²) in [6.07, 6.45) is -4.21. The van der Waals surface area contributed by atoms with Gasteiger partial charge >= 0.3 is 6.36 Å². The van der Waals surface area contributed by atoms with Crippen molar-refractivity contribution in [2.45, 2.75) is 32.2 Å². The lowest BCUT2D eigenvalue weighted by Crippen LogP contribution is -2.26. The molecule has 0 fully saturated rings. The van der Waals surface area contributed by atoms with Crippen LogP contribution in [0.3, 0.4) is 0 Å². The number of benzene rings is 1. The molecular formula is C12H14BrF3N2O2. The molecule has 0 aromatic heterocycles. The normalized spacial score (nSPS) is 12.9. The molecule has 4 nitrogen and oxygen atoms in total. The van der Waals surface area contributed by atoms with Crippen molar-refractivity contribution in [2.24, 2.45) is 5.73 Å². The van der Waals surface area contributed by atoms with E-state index in [1.807, 2.05) is 6.92 Å². The summed E-state index contributed by atoms with van der Waals surface area (Å²) in [6, 6.07) is 3.61. The first kappa shape index (κ1) is 16.8. The summed E-state index contributed by atoms with van der Waals surface area (Å²) < 4.78 is 41.1. The summed E-state index contributed by atoms with van der Waals surface area (Å²) in [6.45, 7) is 1.82. The van der Waals surface area contributed by atoms with E-state index in [4.69, 9.17) is 5.73 Å². The van der Waals surface area contributed by atoms with Crippen LogP contribution in [0, 0.1) is 0 Å². The van der Waals surface area contributed by atoms with Crippen LogP contribution in [0.1, 0.15) is 19.8 Å². The molecule has 0 aliphatic rings. The lowest BCUT2D eigenvalue weighted by molar-refractivity contribution is -0.274. The maximum absolute atomic E-state index is 12.3. The monoisotopic (exact) mass is 354 g/mol. The number of alkyl halides is 3. The number of ether oxygens (including phenoxy) is 1. The molecule has 0 spiro atoms. The number of hydrogen-bond acceptors (Lipinski definition) is 3. The average molecular weight is 355 g/mol. The molecule has 1 aromatic carbocycles. The number of amides is 1. The van der Waals surface area contributed by atoms with Crippen molar-refractivity contribution in [3.8, 4) is 5.75 Å². The van der Waals surface area contributed by atoms with Crippen LogP contribution in [-0.4, -0.2) is 18.3 Å². The third kappa shape index (κ3) is 5.79. The average Bonchev–Trinajstić information content (AvgIpc) is 2.30. The lowest BCUT2D eigenvalue weighted by atomic mass is 10.1. The van der Waals surface area contributed by atoms with Gasteiger partial charge in [0.25, 0.3) is 0 Å².